The van der Waals surface area contributed by atoms with Crippen LogP contribution in [0.15, 0.2) is 36.4 Å². The van der Waals surface area contributed by atoms with Gasteiger partial charge in [0.1, 0.15) is 0 Å². The highest BCUT2D eigenvalue weighted by atomic mass is 13.8. The Kier molecular flexibility index (Phi) is 3.46. The molecule has 0 N–H and O–H groups in total. The van der Waals surface area contributed by atoms with Crippen molar-refractivity contribution in [2.75, 3.05) is 0 Å². The van der Waals surface area contributed by atoms with Gasteiger partial charge in [-0.05, 0) is 12.0 Å². The minimum atomic E-state index is 1.18. The molecule has 0 saturated carbocycles. The summed E-state index contributed by atoms with van der Waals surface area (Å²) < 4.78 is 0. The molecule has 0 radical (unpaired) electrons. The van der Waals surface area contributed by atoms with E-state index in [1.807, 2.05) is 6.07 Å². The maximum atomic E-state index is 2.22. The molecule has 0 atom stereocenters. The zero-order chi connectivity index (χ0) is 7.94. The number of allylic oxidation sites excluding steroid dienone is 1. The van der Waals surface area contributed by atoms with Gasteiger partial charge in [-0.2, -0.15) is 0 Å². The second-order valence-electron chi connectivity index (χ2n) is 2.60. The molecule has 58 valence electrons. The van der Waals surface area contributed by atoms with Gasteiger partial charge in [0.2, 0.25) is 0 Å². The molecule has 0 aliphatic carbocycles. The van der Waals surface area contributed by atoms with Crippen molar-refractivity contribution in [1.29, 1.82) is 0 Å². The van der Waals surface area contributed by atoms with Crippen molar-refractivity contribution in [2.45, 2.75) is 19.8 Å². The van der Waals surface area contributed by atoms with Crippen molar-refractivity contribution in [2.24, 2.45) is 0 Å². The lowest BCUT2D eigenvalue weighted by atomic mass is 9.90. The predicted octanol–water partition coefficient (Wildman–Crippen LogP) is 3.50. The molecule has 1 aromatic carbocycles. The van der Waals surface area contributed by atoms with Crippen LogP contribution in [0.5, 0.6) is 0 Å². The molecule has 0 heterocycles. The highest BCUT2D eigenvalue weighted by molar-refractivity contribution is 5.48. The first kappa shape index (κ1) is 8.06. The second-order valence-corrected chi connectivity index (χ2v) is 2.60. The maximum Gasteiger partial charge on any atom is -0.0260 e. The number of unbranched alkanes of at least 4 members (excludes halogenated alkanes) is 1. The van der Waals surface area contributed by atoms with Crippen LogP contribution in [0.25, 0.3) is 6.08 Å². The van der Waals surface area contributed by atoms with Crippen LogP contribution in [-0.2, 0) is 0 Å². The number of rotatable bonds is 3. The first-order valence-corrected chi connectivity index (χ1v) is 4.15. The van der Waals surface area contributed by atoms with Gasteiger partial charge in [-0.15, -0.1) is 0 Å². The fraction of sp³-hybridized carbons (Fsp3) is 0.273. The van der Waals surface area contributed by atoms with E-state index in [0.717, 1.165) is 0 Å². The maximum absolute atomic E-state index is 2.22. The third kappa shape index (κ3) is 3.03. The Balaban J connectivity index is 2.50. The summed E-state index contributed by atoms with van der Waals surface area (Å²) in [5, 5.41) is 0. The van der Waals surface area contributed by atoms with Gasteiger partial charge in [-0.25, -0.2) is 0 Å². The molecule has 0 aromatic heterocycles. The van der Waals surface area contributed by atoms with Gasteiger partial charge in [0.05, 0.1) is 0 Å². The molecule has 0 nitrogen and oxygen atoms in total. The van der Waals surface area contributed by atoms with Crippen molar-refractivity contribution in [3.63, 3.8) is 0 Å². The molecule has 0 bridgehead atoms. The molecule has 0 unspecified atom stereocenters. The summed E-state index contributed by atoms with van der Waals surface area (Å²) >= 11 is 0. The minimum absolute atomic E-state index is 1.18. The summed E-state index contributed by atoms with van der Waals surface area (Å²) in [6.45, 7) is 2.19. The molecule has 0 fully saturated rings. The summed E-state index contributed by atoms with van der Waals surface area (Å²) in [5.74, 6) is 0. The Labute approximate surface area is 68.6 Å². The second kappa shape index (κ2) is 4.73. The van der Waals surface area contributed by atoms with Crippen LogP contribution in [0.2, 0.25) is 0 Å². The average Bonchev–Trinajstić information content (AvgIpc) is 2.07. The first-order chi connectivity index (χ1) is 5.43. The standard InChI is InChI=1S/C11H14/c1-2-3-5-8-11-9-6-4-7-10-11/h4-10H,2-3H2,1H3/b8-5+/i8-1. The van der Waals surface area contributed by atoms with Gasteiger partial charge in [0, 0.05) is 0 Å². The number of hydrogen-bond donors (Lipinski definition) is 0. The molecule has 0 aliphatic heterocycles. The van der Waals surface area contributed by atoms with Crippen molar-refractivity contribution in [3.05, 3.63) is 42.0 Å². The third-order valence-corrected chi connectivity index (χ3v) is 1.57. The van der Waals surface area contributed by atoms with Gasteiger partial charge in [0.15, 0.2) is 0 Å². The van der Waals surface area contributed by atoms with Gasteiger partial charge in [0.25, 0.3) is 0 Å². The molecule has 1 rings (SSSR count). The van der Waals surface area contributed by atoms with Gasteiger partial charge in [-0.1, -0.05) is 55.8 Å². The molecule has 0 heteroatoms. The summed E-state index contributed by atoms with van der Waals surface area (Å²) in [6, 6.07) is 10.4. The Morgan fingerprint density at radius 1 is 1.18 bits per heavy atom. The SMILES string of the molecule is CCC/C=[11CH]/c1ccccc1. The van der Waals surface area contributed by atoms with E-state index in [1.54, 1.807) is 0 Å². The van der Waals surface area contributed by atoms with E-state index >= 15 is 0 Å². The first-order valence-electron chi connectivity index (χ1n) is 4.15. The Morgan fingerprint density at radius 2 is 1.91 bits per heavy atom. The molecule has 0 saturated heterocycles. The Hall–Kier alpha value is -1.04. The van der Waals surface area contributed by atoms with Crippen LogP contribution in [-0.4, -0.2) is 0 Å². The molecule has 11 heavy (non-hydrogen) atoms. The van der Waals surface area contributed by atoms with Gasteiger partial charge < -0.3 is 0 Å². The van der Waals surface area contributed by atoms with Crippen molar-refractivity contribution in [3.8, 4) is 0 Å². The summed E-state index contributed by atoms with van der Waals surface area (Å²) in [6.07, 6.45) is 6.79. The number of hydrogen-bond acceptors (Lipinski definition) is 0. The molecule has 0 spiro atoms. The topological polar surface area (TPSA) is 0 Å². The van der Waals surface area contributed by atoms with E-state index < -0.39 is 0 Å². The molecule has 0 aliphatic rings. The minimum Gasteiger partial charge on any atom is -0.0840 e. The van der Waals surface area contributed by atoms with Crippen LogP contribution in [0.4, 0.5) is 0 Å². The zero-order valence-corrected chi connectivity index (χ0v) is 6.96. The molecular weight excluding hydrogens is 131 g/mol. The van der Waals surface area contributed by atoms with E-state index in [-0.39, 0.29) is 0 Å². The lowest BCUT2D eigenvalue weighted by molar-refractivity contribution is 0.962. The monoisotopic (exact) mass is 145 g/mol. The van der Waals surface area contributed by atoms with Crippen LogP contribution in [0.3, 0.4) is 0 Å². The summed E-state index contributed by atoms with van der Waals surface area (Å²) in [7, 11) is 0. The van der Waals surface area contributed by atoms with E-state index in [2.05, 4.69) is 43.3 Å². The van der Waals surface area contributed by atoms with Crippen molar-refractivity contribution < 1.29 is 0 Å². The van der Waals surface area contributed by atoms with Crippen LogP contribution in [0.1, 0.15) is 25.3 Å². The largest absolute Gasteiger partial charge is 0.0840 e. The highest BCUT2D eigenvalue weighted by Gasteiger charge is 1.80. The van der Waals surface area contributed by atoms with Crippen LogP contribution < -0.4 is 0 Å². The van der Waals surface area contributed by atoms with Crippen LogP contribution >= 0.6 is 0 Å². The van der Waals surface area contributed by atoms with Crippen molar-refractivity contribution in [1.82, 2.24) is 0 Å². The summed E-state index contributed by atoms with van der Waals surface area (Å²) in [4.78, 5) is 0. The fourth-order valence-corrected chi connectivity index (χ4v) is 0.950. The quantitative estimate of drug-likeness (QED) is 0.610. The third-order valence-electron chi connectivity index (χ3n) is 1.57. The number of benzene rings is 1. The Morgan fingerprint density at radius 3 is 2.55 bits per heavy atom. The highest BCUT2D eigenvalue weighted by Crippen LogP contribution is 2.02. The Bertz CT molecular complexity index is 209. The average molecular weight is 145 g/mol. The fourth-order valence-electron chi connectivity index (χ4n) is 0.950. The van der Waals surface area contributed by atoms with Gasteiger partial charge >= 0.3 is 0 Å². The lowest BCUT2D eigenvalue weighted by Gasteiger charge is -1.89. The lowest BCUT2D eigenvalue weighted by Crippen LogP contribution is -1.68. The van der Waals surface area contributed by atoms with E-state index in [9.17, 15) is 0 Å². The van der Waals surface area contributed by atoms with E-state index in [4.69, 9.17) is 0 Å². The predicted molar refractivity (Wildman–Crippen MR) is 50.4 cm³/mol. The van der Waals surface area contributed by atoms with E-state index in [0.29, 0.717) is 0 Å². The molecule has 1 aromatic rings. The normalized spacial score (nSPS) is 10.6. The van der Waals surface area contributed by atoms with Gasteiger partial charge in [-0.3, -0.25) is 0 Å². The molecule has 0 amide bonds. The van der Waals surface area contributed by atoms with Crippen molar-refractivity contribution >= 4 is 6.08 Å². The van der Waals surface area contributed by atoms with E-state index in [1.165, 1.54) is 18.4 Å². The molecular formula is C11H14. The summed E-state index contributed by atoms with van der Waals surface area (Å²) in [5.41, 5.74) is 1.29. The smallest absolute Gasteiger partial charge is 0.0260 e. The van der Waals surface area contributed by atoms with Crippen LogP contribution in [0, 0.1) is 0 Å². The zero-order valence-electron chi connectivity index (χ0n) is 6.96.